The molecule has 0 bridgehead atoms. The summed E-state index contributed by atoms with van der Waals surface area (Å²) in [5.41, 5.74) is 1.87. The molecule has 1 spiro atoms. The molecular formula is C28H46O2. The first-order valence-corrected chi connectivity index (χ1v) is 13.4. The van der Waals surface area contributed by atoms with E-state index in [1.165, 1.54) is 64.2 Å². The zero-order chi connectivity index (χ0) is 21.1. The first-order chi connectivity index (χ1) is 14.2. The molecule has 6 aliphatic rings. The smallest absolute Gasteiger partial charge is 0.0892 e. The monoisotopic (exact) mass is 414 g/mol. The maximum Gasteiger partial charge on any atom is 0.0892 e. The predicted octanol–water partition coefficient (Wildman–Crippen LogP) is 6.86. The number of methoxy groups -OCH3 is 1. The average molecular weight is 415 g/mol. The highest BCUT2D eigenvalue weighted by Gasteiger charge is 2.77. The van der Waals surface area contributed by atoms with Crippen molar-refractivity contribution >= 4 is 0 Å². The minimum Gasteiger partial charge on any atom is -0.381 e. The van der Waals surface area contributed by atoms with Crippen LogP contribution in [0.15, 0.2) is 0 Å². The van der Waals surface area contributed by atoms with Crippen LogP contribution in [0.1, 0.15) is 98.8 Å². The number of ether oxygens (including phenoxy) is 2. The summed E-state index contributed by atoms with van der Waals surface area (Å²) >= 11 is 0. The SMILES string of the molecule is CO[C@@H]1C[C@H]2[C@@H]3CC[C@H]([C@H](C)CC[C@H]4OC4(C)C)[C@@]3(C)CC[C@@H]2[C@@]2(C)CC[C@H]3C[C@]312. The molecular weight excluding hydrogens is 368 g/mol. The van der Waals surface area contributed by atoms with Crippen molar-refractivity contribution in [3.05, 3.63) is 0 Å². The minimum absolute atomic E-state index is 0.157. The van der Waals surface area contributed by atoms with Crippen LogP contribution in [0.25, 0.3) is 0 Å². The highest BCUT2D eigenvalue weighted by Crippen LogP contribution is 2.82. The maximum atomic E-state index is 6.30. The van der Waals surface area contributed by atoms with Gasteiger partial charge in [-0.15, -0.1) is 0 Å². The van der Waals surface area contributed by atoms with E-state index in [2.05, 4.69) is 34.6 Å². The lowest BCUT2D eigenvalue weighted by atomic mass is 9.45. The van der Waals surface area contributed by atoms with Crippen LogP contribution in [0.3, 0.4) is 0 Å². The summed E-state index contributed by atoms with van der Waals surface area (Å²) < 4.78 is 12.2. The Labute approximate surface area is 185 Å². The molecule has 170 valence electrons. The van der Waals surface area contributed by atoms with Gasteiger partial charge in [-0.1, -0.05) is 20.8 Å². The Morgan fingerprint density at radius 1 is 1.00 bits per heavy atom. The van der Waals surface area contributed by atoms with Crippen molar-refractivity contribution in [2.45, 2.75) is 117 Å². The summed E-state index contributed by atoms with van der Waals surface area (Å²) in [7, 11) is 2.02. The van der Waals surface area contributed by atoms with E-state index in [9.17, 15) is 0 Å². The lowest BCUT2D eigenvalue weighted by Crippen LogP contribution is -2.57. The van der Waals surface area contributed by atoms with E-state index in [4.69, 9.17) is 9.47 Å². The van der Waals surface area contributed by atoms with Crippen LogP contribution in [-0.4, -0.2) is 24.9 Å². The summed E-state index contributed by atoms with van der Waals surface area (Å²) in [6.07, 6.45) is 15.5. The third-order valence-corrected chi connectivity index (χ3v) is 12.6. The second kappa shape index (κ2) is 6.28. The van der Waals surface area contributed by atoms with Crippen molar-refractivity contribution in [1.29, 1.82) is 0 Å². The molecule has 2 nitrogen and oxygen atoms in total. The standard InChI is InChI=1S/C28H46O2/c1-17(7-10-23-25(2,3)30-23)20-8-9-21-19-15-24(29-6)28-16-18(28)11-14-27(28,5)22(19)12-13-26(20,21)4/h17-24H,7-16H2,1-6H3/t17-,18+,19+,20-,21+,22+,23-,24-,26-,27-,28+/m1/s1. The van der Waals surface area contributed by atoms with Gasteiger partial charge in [-0.25, -0.2) is 0 Å². The average Bonchev–Trinajstić information content (AvgIpc) is 3.49. The molecule has 0 amide bonds. The first kappa shape index (κ1) is 20.5. The van der Waals surface area contributed by atoms with Crippen LogP contribution < -0.4 is 0 Å². The van der Waals surface area contributed by atoms with E-state index in [1.807, 2.05) is 7.11 Å². The minimum atomic E-state index is 0.157. The van der Waals surface area contributed by atoms with Crippen molar-refractivity contribution in [2.75, 3.05) is 7.11 Å². The van der Waals surface area contributed by atoms with Gasteiger partial charge in [0, 0.05) is 12.5 Å². The van der Waals surface area contributed by atoms with Crippen LogP contribution in [0.2, 0.25) is 0 Å². The highest BCUT2D eigenvalue weighted by molar-refractivity contribution is 5.26. The number of fused-ring (bicyclic) bond motifs is 4. The molecule has 5 aliphatic carbocycles. The Kier molecular flexibility index (Phi) is 4.30. The fraction of sp³-hybridized carbons (Fsp3) is 1.00. The Bertz CT molecular complexity index is 715. The largest absolute Gasteiger partial charge is 0.381 e. The molecule has 0 aromatic rings. The van der Waals surface area contributed by atoms with Gasteiger partial charge in [-0.2, -0.15) is 0 Å². The Hall–Kier alpha value is -0.0800. The molecule has 0 N–H and O–H groups in total. The zero-order valence-electron chi connectivity index (χ0n) is 20.5. The van der Waals surface area contributed by atoms with Crippen LogP contribution in [0.4, 0.5) is 0 Å². The summed E-state index contributed by atoms with van der Waals surface area (Å²) in [5, 5.41) is 0. The lowest BCUT2D eigenvalue weighted by molar-refractivity contribution is -0.161. The quantitative estimate of drug-likeness (QED) is 0.458. The molecule has 0 aromatic heterocycles. The van der Waals surface area contributed by atoms with Crippen LogP contribution in [0, 0.1) is 51.8 Å². The maximum absolute atomic E-state index is 6.30. The van der Waals surface area contributed by atoms with E-state index in [1.54, 1.807) is 0 Å². The molecule has 0 unspecified atom stereocenters. The van der Waals surface area contributed by atoms with E-state index >= 15 is 0 Å². The van der Waals surface area contributed by atoms with Gasteiger partial charge in [0.1, 0.15) is 0 Å². The number of epoxide rings is 1. The van der Waals surface area contributed by atoms with E-state index < -0.39 is 0 Å². The van der Waals surface area contributed by atoms with Crippen molar-refractivity contribution in [3.63, 3.8) is 0 Å². The second-order valence-electron chi connectivity index (χ2n) is 13.7. The van der Waals surface area contributed by atoms with Crippen LogP contribution in [-0.2, 0) is 9.47 Å². The first-order valence-electron chi connectivity index (χ1n) is 13.4. The molecule has 6 rings (SSSR count). The number of hydrogen-bond donors (Lipinski definition) is 0. The Morgan fingerprint density at radius 3 is 2.43 bits per heavy atom. The topological polar surface area (TPSA) is 21.8 Å². The number of rotatable bonds is 5. The Balaban J connectivity index is 1.21. The molecule has 1 heterocycles. The summed E-state index contributed by atoms with van der Waals surface area (Å²) in [4.78, 5) is 0. The van der Waals surface area contributed by atoms with E-state index in [-0.39, 0.29) is 5.60 Å². The van der Waals surface area contributed by atoms with Gasteiger partial charge in [0.15, 0.2) is 0 Å². The van der Waals surface area contributed by atoms with Gasteiger partial charge in [-0.05, 0) is 124 Å². The molecule has 0 radical (unpaired) electrons. The fourth-order valence-electron chi connectivity index (χ4n) is 10.9. The van der Waals surface area contributed by atoms with Crippen molar-refractivity contribution in [3.8, 4) is 0 Å². The van der Waals surface area contributed by atoms with Crippen molar-refractivity contribution in [1.82, 2.24) is 0 Å². The third-order valence-electron chi connectivity index (χ3n) is 12.6. The number of hydrogen-bond acceptors (Lipinski definition) is 2. The normalized spacial score (nSPS) is 58.4. The van der Waals surface area contributed by atoms with Crippen molar-refractivity contribution in [2.24, 2.45) is 51.8 Å². The van der Waals surface area contributed by atoms with E-state index in [0.29, 0.717) is 28.5 Å². The molecule has 1 aliphatic heterocycles. The van der Waals surface area contributed by atoms with Gasteiger partial charge < -0.3 is 9.47 Å². The van der Waals surface area contributed by atoms with Gasteiger partial charge in [0.05, 0.1) is 17.8 Å². The molecule has 6 fully saturated rings. The molecule has 0 aromatic carbocycles. The fourth-order valence-corrected chi connectivity index (χ4v) is 10.9. The van der Waals surface area contributed by atoms with Gasteiger partial charge in [-0.3, -0.25) is 0 Å². The molecule has 1 saturated heterocycles. The van der Waals surface area contributed by atoms with Crippen LogP contribution in [0.5, 0.6) is 0 Å². The lowest BCUT2D eigenvalue weighted by Gasteiger charge is -2.61. The summed E-state index contributed by atoms with van der Waals surface area (Å²) in [6, 6.07) is 0. The van der Waals surface area contributed by atoms with Crippen LogP contribution >= 0.6 is 0 Å². The third kappa shape index (κ3) is 2.45. The Morgan fingerprint density at radius 2 is 1.77 bits per heavy atom. The van der Waals surface area contributed by atoms with Gasteiger partial charge in [0.25, 0.3) is 0 Å². The summed E-state index contributed by atoms with van der Waals surface area (Å²) in [5.74, 6) is 5.61. The zero-order valence-corrected chi connectivity index (χ0v) is 20.5. The summed E-state index contributed by atoms with van der Waals surface area (Å²) in [6.45, 7) is 12.5. The second-order valence-corrected chi connectivity index (χ2v) is 13.7. The highest BCUT2D eigenvalue weighted by atomic mass is 16.6. The molecule has 2 heteroatoms. The van der Waals surface area contributed by atoms with Crippen molar-refractivity contribution < 1.29 is 9.47 Å². The van der Waals surface area contributed by atoms with E-state index in [0.717, 1.165) is 35.5 Å². The van der Waals surface area contributed by atoms with Gasteiger partial charge in [0.2, 0.25) is 0 Å². The molecule has 11 atom stereocenters. The molecule has 30 heavy (non-hydrogen) atoms. The predicted molar refractivity (Wildman–Crippen MR) is 121 cm³/mol. The molecule has 5 saturated carbocycles. The van der Waals surface area contributed by atoms with Gasteiger partial charge >= 0.3 is 0 Å².